The predicted octanol–water partition coefficient (Wildman–Crippen LogP) is 2.65. The van der Waals surface area contributed by atoms with Crippen molar-refractivity contribution in [2.45, 2.75) is 6.04 Å². The monoisotopic (exact) mass is 225 g/mol. The van der Waals surface area contributed by atoms with Crippen molar-refractivity contribution in [1.29, 1.82) is 0 Å². The van der Waals surface area contributed by atoms with E-state index in [-0.39, 0.29) is 6.04 Å². The van der Waals surface area contributed by atoms with Crippen molar-refractivity contribution in [2.75, 3.05) is 7.05 Å². The van der Waals surface area contributed by atoms with E-state index in [0.29, 0.717) is 0 Å². The van der Waals surface area contributed by atoms with Crippen molar-refractivity contribution in [2.24, 2.45) is 0 Å². The van der Waals surface area contributed by atoms with Crippen LogP contribution < -0.4 is 0 Å². The van der Waals surface area contributed by atoms with Gasteiger partial charge in [-0.3, -0.25) is 4.79 Å². The second-order valence-corrected chi connectivity index (χ2v) is 4.03. The number of benzene rings is 1. The molecule has 1 aromatic carbocycles. The topological polar surface area (TPSA) is 20.3 Å². The molecule has 2 nitrogen and oxygen atoms in total. The molecule has 0 radical (unpaired) electrons. The van der Waals surface area contributed by atoms with Crippen LogP contribution in [0.5, 0.6) is 0 Å². The quantitative estimate of drug-likeness (QED) is 0.737. The molecule has 0 bridgehead atoms. The van der Waals surface area contributed by atoms with Gasteiger partial charge in [-0.05, 0) is 17.7 Å². The highest BCUT2D eigenvalue weighted by atomic mass is 16.1. The predicted molar refractivity (Wildman–Crippen MR) is 70.3 cm³/mol. The van der Waals surface area contributed by atoms with Crippen LogP contribution >= 0.6 is 0 Å². The third-order valence-electron chi connectivity index (χ3n) is 2.76. The maximum absolute atomic E-state index is 10.7. The Kier molecular flexibility index (Phi) is 3.55. The Bertz CT molecular complexity index is 471. The zero-order valence-electron chi connectivity index (χ0n) is 9.78. The Hall–Kier alpha value is -2.09. The molecule has 1 aromatic rings. The molecule has 0 saturated heterocycles. The first-order valence-electron chi connectivity index (χ1n) is 5.60. The molecular weight excluding hydrogens is 210 g/mol. The van der Waals surface area contributed by atoms with Crippen molar-refractivity contribution in [1.82, 2.24) is 4.90 Å². The van der Waals surface area contributed by atoms with Crippen LogP contribution in [-0.4, -0.2) is 24.3 Å². The van der Waals surface area contributed by atoms with Gasteiger partial charge in [0.25, 0.3) is 0 Å². The third-order valence-corrected chi connectivity index (χ3v) is 2.76. The van der Waals surface area contributed by atoms with Crippen LogP contribution in [0.2, 0.25) is 0 Å². The lowest BCUT2D eigenvalue weighted by atomic mass is 10.1. The standard InChI is InChI=1S/C15H15NO/c1-16-10-9-14(12-17)11-15(16)8-7-13-5-3-2-4-6-13/h2-12,15H,1H3. The van der Waals surface area contributed by atoms with Crippen LogP contribution in [0.25, 0.3) is 6.08 Å². The fourth-order valence-electron chi connectivity index (χ4n) is 1.72. The van der Waals surface area contributed by atoms with Gasteiger partial charge in [0.05, 0.1) is 6.04 Å². The molecule has 1 unspecified atom stereocenters. The van der Waals surface area contributed by atoms with E-state index in [1.807, 2.05) is 43.6 Å². The maximum atomic E-state index is 10.7. The van der Waals surface area contributed by atoms with Gasteiger partial charge in [0, 0.05) is 18.8 Å². The van der Waals surface area contributed by atoms with E-state index in [0.717, 1.165) is 17.4 Å². The lowest BCUT2D eigenvalue weighted by Crippen LogP contribution is -2.25. The molecule has 1 aliphatic rings. The maximum Gasteiger partial charge on any atom is 0.149 e. The average Bonchev–Trinajstić information content (AvgIpc) is 2.39. The first-order chi connectivity index (χ1) is 8.29. The molecule has 0 fully saturated rings. The second kappa shape index (κ2) is 5.30. The third kappa shape index (κ3) is 2.94. The van der Waals surface area contributed by atoms with Crippen molar-refractivity contribution in [3.63, 3.8) is 0 Å². The van der Waals surface area contributed by atoms with Gasteiger partial charge in [-0.25, -0.2) is 0 Å². The SMILES string of the molecule is CN1C=CC(C=O)=CC1C=Cc1ccccc1. The summed E-state index contributed by atoms with van der Waals surface area (Å²) in [6.07, 6.45) is 10.7. The highest BCUT2D eigenvalue weighted by Gasteiger charge is 2.09. The molecule has 0 spiro atoms. The van der Waals surface area contributed by atoms with E-state index in [1.54, 1.807) is 0 Å². The number of aldehydes is 1. The summed E-state index contributed by atoms with van der Waals surface area (Å²) in [7, 11) is 1.99. The van der Waals surface area contributed by atoms with Crippen LogP contribution in [0.15, 0.2) is 60.3 Å². The molecule has 2 heteroatoms. The van der Waals surface area contributed by atoms with Gasteiger partial charge in [-0.2, -0.15) is 0 Å². The van der Waals surface area contributed by atoms with Gasteiger partial charge >= 0.3 is 0 Å². The molecule has 1 atom stereocenters. The smallest absolute Gasteiger partial charge is 0.149 e. The van der Waals surface area contributed by atoms with Crippen LogP contribution in [0.1, 0.15) is 5.56 Å². The molecule has 0 saturated carbocycles. The largest absolute Gasteiger partial charge is 0.371 e. The van der Waals surface area contributed by atoms with Gasteiger partial charge in [0.1, 0.15) is 6.29 Å². The number of hydrogen-bond acceptors (Lipinski definition) is 2. The van der Waals surface area contributed by atoms with Crippen LogP contribution in [-0.2, 0) is 4.79 Å². The Morgan fingerprint density at radius 1 is 1.24 bits per heavy atom. The summed E-state index contributed by atoms with van der Waals surface area (Å²) in [6.45, 7) is 0. The Morgan fingerprint density at radius 3 is 2.71 bits per heavy atom. The lowest BCUT2D eigenvalue weighted by Gasteiger charge is -2.24. The highest BCUT2D eigenvalue weighted by molar-refractivity contribution is 5.78. The summed E-state index contributed by atoms with van der Waals surface area (Å²) >= 11 is 0. The van der Waals surface area contributed by atoms with Crippen molar-refractivity contribution in [3.05, 3.63) is 65.9 Å². The van der Waals surface area contributed by atoms with Crippen molar-refractivity contribution in [3.8, 4) is 0 Å². The van der Waals surface area contributed by atoms with E-state index in [9.17, 15) is 4.79 Å². The number of carbonyl (C=O) groups is 1. The number of rotatable bonds is 3. The first kappa shape index (κ1) is 11.4. The molecule has 1 aliphatic heterocycles. The van der Waals surface area contributed by atoms with Crippen molar-refractivity contribution < 1.29 is 4.79 Å². The number of likely N-dealkylation sites (N-methyl/N-ethyl adjacent to an activating group) is 1. The zero-order chi connectivity index (χ0) is 12.1. The Morgan fingerprint density at radius 2 is 2.00 bits per heavy atom. The minimum atomic E-state index is 0.139. The minimum Gasteiger partial charge on any atom is -0.371 e. The molecule has 2 rings (SSSR count). The van der Waals surface area contributed by atoms with Gasteiger partial charge in [-0.15, -0.1) is 0 Å². The molecule has 0 N–H and O–H groups in total. The van der Waals surface area contributed by atoms with Crippen molar-refractivity contribution >= 4 is 12.4 Å². The van der Waals surface area contributed by atoms with Gasteiger partial charge in [0.15, 0.2) is 0 Å². The Labute approximate surface area is 102 Å². The number of carbonyl (C=O) groups excluding carboxylic acids is 1. The van der Waals surface area contributed by atoms with Crippen LogP contribution in [0.3, 0.4) is 0 Å². The lowest BCUT2D eigenvalue weighted by molar-refractivity contribution is -0.104. The first-order valence-corrected chi connectivity index (χ1v) is 5.60. The number of nitrogens with zero attached hydrogens (tertiary/aromatic N) is 1. The molecule has 0 aliphatic carbocycles. The number of hydrogen-bond donors (Lipinski definition) is 0. The Balaban J connectivity index is 2.13. The van der Waals surface area contributed by atoms with Crippen LogP contribution in [0, 0.1) is 0 Å². The summed E-state index contributed by atoms with van der Waals surface area (Å²) in [5.41, 5.74) is 1.89. The molecular formula is C15H15NO. The molecule has 17 heavy (non-hydrogen) atoms. The normalized spacial score (nSPS) is 19.5. The zero-order valence-corrected chi connectivity index (χ0v) is 9.78. The fraction of sp³-hybridized carbons (Fsp3) is 0.133. The van der Waals surface area contributed by atoms with Gasteiger partial charge in [-0.1, -0.05) is 42.5 Å². The van der Waals surface area contributed by atoms with E-state index in [2.05, 4.69) is 29.2 Å². The van der Waals surface area contributed by atoms with E-state index in [1.165, 1.54) is 0 Å². The molecule has 1 heterocycles. The number of allylic oxidation sites excluding steroid dienone is 2. The summed E-state index contributed by atoms with van der Waals surface area (Å²) < 4.78 is 0. The van der Waals surface area contributed by atoms with Gasteiger partial charge in [0.2, 0.25) is 0 Å². The minimum absolute atomic E-state index is 0.139. The molecule has 0 aromatic heterocycles. The average molecular weight is 225 g/mol. The fourth-order valence-corrected chi connectivity index (χ4v) is 1.72. The van der Waals surface area contributed by atoms with Crippen LogP contribution in [0.4, 0.5) is 0 Å². The molecule has 86 valence electrons. The van der Waals surface area contributed by atoms with Gasteiger partial charge < -0.3 is 4.90 Å². The summed E-state index contributed by atoms with van der Waals surface area (Å²) in [6, 6.07) is 10.3. The van der Waals surface area contributed by atoms with E-state index < -0.39 is 0 Å². The molecule has 0 amide bonds. The summed E-state index contributed by atoms with van der Waals surface area (Å²) in [5, 5.41) is 0. The van der Waals surface area contributed by atoms with E-state index >= 15 is 0 Å². The van der Waals surface area contributed by atoms with E-state index in [4.69, 9.17) is 0 Å². The highest BCUT2D eigenvalue weighted by Crippen LogP contribution is 2.13. The summed E-state index contributed by atoms with van der Waals surface area (Å²) in [4.78, 5) is 12.8. The second-order valence-electron chi connectivity index (χ2n) is 4.03. The summed E-state index contributed by atoms with van der Waals surface area (Å²) in [5.74, 6) is 0.